The summed E-state index contributed by atoms with van der Waals surface area (Å²) in [7, 11) is 0. The molecule has 0 bridgehead atoms. The maximum atomic E-state index is 5.69. The zero-order valence-electron chi connectivity index (χ0n) is 12.1. The molecule has 0 radical (unpaired) electrons. The molecule has 0 saturated heterocycles. The molecule has 0 aliphatic rings. The average molecular weight is 257 g/mol. The number of hydrogen-bond acceptors (Lipinski definition) is 2. The SMILES string of the molecule is CCCNC(c1cccc(CC)c1)c1occc1C. The highest BCUT2D eigenvalue weighted by Gasteiger charge is 2.18. The van der Waals surface area contributed by atoms with Crippen molar-refractivity contribution >= 4 is 0 Å². The Balaban J connectivity index is 2.34. The minimum atomic E-state index is 0.154. The lowest BCUT2D eigenvalue weighted by atomic mass is 9.99. The van der Waals surface area contributed by atoms with Gasteiger partial charge < -0.3 is 9.73 Å². The molecule has 0 amide bonds. The van der Waals surface area contributed by atoms with Crippen LogP contribution in [-0.2, 0) is 6.42 Å². The summed E-state index contributed by atoms with van der Waals surface area (Å²) in [5, 5.41) is 3.59. The number of furan rings is 1. The van der Waals surface area contributed by atoms with Crippen LogP contribution in [0, 0.1) is 6.92 Å². The molecular weight excluding hydrogens is 234 g/mol. The van der Waals surface area contributed by atoms with E-state index in [4.69, 9.17) is 4.42 Å². The van der Waals surface area contributed by atoms with Crippen LogP contribution in [0.3, 0.4) is 0 Å². The van der Waals surface area contributed by atoms with E-state index >= 15 is 0 Å². The van der Waals surface area contributed by atoms with Gasteiger partial charge in [0, 0.05) is 0 Å². The van der Waals surface area contributed by atoms with Gasteiger partial charge in [-0.1, -0.05) is 38.1 Å². The Bertz CT molecular complexity index is 515. The van der Waals surface area contributed by atoms with Gasteiger partial charge in [-0.2, -0.15) is 0 Å². The van der Waals surface area contributed by atoms with Gasteiger partial charge >= 0.3 is 0 Å². The van der Waals surface area contributed by atoms with Crippen molar-refractivity contribution in [2.75, 3.05) is 6.54 Å². The summed E-state index contributed by atoms with van der Waals surface area (Å²) < 4.78 is 5.69. The molecule has 1 heterocycles. The monoisotopic (exact) mass is 257 g/mol. The van der Waals surface area contributed by atoms with Crippen LogP contribution in [0.2, 0.25) is 0 Å². The molecule has 102 valence electrons. The van der Waals surface area contributed by atoms with E-state index in [-0.39, 0.29) is 6.04 Å². The average Bonchev–Trinajstić information content (AvgIpc) is 2.86. The molecule has 1 aromatic carbocycles. The smallest absolute Gasteiger partial charge is 0.128 e. The molecule has 2 heteroatoms. The van der Waals surface area contributed by atoms with Crippen LogP contribution in [0.1, 0.15) is 48.8 Å². The lowest BCUT2D eigenvalue weighted by molar-refractivity contribution is 0.444. The van der Waals surface area contributed by atoms with Crippen LogP contribution in [0.4, 0.5) is 0 Å². The largest absolute Gasteiger partial charge is 0.467 e. The fourth-order valence-electron chi connectivity index (χ4n) is 2.32. The summed E-state index contributed by atoms with van der Waals surface area (Å²) in [6.07, 6.45) is 3.95. The van der Waals surface area contributed by atoms with Crippen molar-refractivity contribution in [2.45, 2.75) is 39.7 Å². The zero-order valence-corrected chi connectivity index (χ0v) is 12.1. The Kier molecular flexibility index (Phi) is 4.80. The van der Waals surface area contributed by atoms with E-state index in [1.807, 2.05) is 6.07 Å². The maximum Gasteiger partial charge on any atom is 0.128 e. The molecule has 1 aromatic heterocycles. The molecule has 0 fully saturated rings. The second-order valence-electron chi connectivity index (χ2n) is 4.95. The highest BCUT2D eigenvalue weighted by molar-refractivity contribution is 5.33. The summed E-state index contributed by atoms with van der Waals surface area (Å²) in [5.74, 6) is 1.03. The maximum absolute atomic E-state index is 5.69. The molecular formula is C17H23NO. The molecule has 0 aliphatic heterocycles. The Morgan fingerprint density at radius 3 is 2.68 bits per heavy atom. The van der Waals surface area contributed by atoms with E-state index in [9.17, 15) is 0 Å². The molecule has 2 nitrogen and oxygen atoms in total. The second kappa shape index (κ2) is 6.58. The number of hydrogen-bond donors (Lipinski definition) is 1. The van der Waals surface area contributed by atoms with Crippen LogP contribution < -0.4 is 5.32 Å². The lowest BCUT2D eigenvalue weighted by Crippen LogP contribution is -2.23. The fraction of sp³-hybridized carbons (Fsp3) is 0.412. The Hall–Kier alpha value is -1.54. The first-order valence-corrected chi connectivity index (χ1v) is 7.12. The van der Waals surface area contributed by atoms with Crippen LogP contribution in [0.15, 0.2) is 41.0 Å². The number of nitrogens with one attached hydrogen (secondary N) is 1. The standard InChI is InChI=1S/C17H23NO/c1-4-10-18-16(17-13(3)9-11-19-17)15-8-6-7-14(5-2)12-15/h6-9,11-12,16,18H,4-5,10H2,1-3H3. The Morgan fingerprint density at radius 1 is 1.21 bits per heavy atom. The van der Waals surface area contributed by atoms with Crippen molar-refractivity contribution in [3.8, 4) is 0 Å². The van der Waals surface area contributed by atoms with Crippen molar-refractivity contribution in [3.05, 3.63) is 59.0 Å². The predicted octanol–water partition coefficient (Wildman–Crippen LogP) is 4.24. The quantitative estimate of drug-likeness (QED) is 0.837. The highest BCUT2D eigenvalue weighted by atomic mass is 16.3. The molecule has 0 spiro atoms. The fourth-order valence-corrected chi connectivity index (χ4v) is 2.32. The summed E-state index contributed by atoms with van der Waals surface area (Å²) in [4.78, 5) is 0. The lowest BCUT2D eigenvalue weighted by Gasteiger charge is -2.18. The molecule has 1 unspecified atom stereocenters. The Labute approximate surface area is 115 Å². The van der Waals surface area contributed by atoms with Crippen LogP contribution in [-0.4, -0.2) is 6.54 Å². The van der Waals surface area contributed by atoms with Crippen LogP contribution in [0.25, 0.3) is 0 Å². The van der Waals surface area contributed by atoms with Gasteiger partial charge in [-0.25, -0.2) is 0 Å². The highest BCUT2D eigenvalue weighted by Crippen LogP contribution is 2.26. The van der Waals surface area contributed by atoms with Crippen molar-refractivity contribution in [3.63, 3.8) is 0 Å². The van der Waals surface area contributed by atoms with E-state index < -0.39 is 0 Å². The topological polar surface area (TPSA) is 25.2 Å². The molecule has 1 atom stereocenters. The molecule has 2 rings (SSSR count). The van der Waals surface area contributed by atoms with E-state index in [1.165, 1.54) is 16.7 Å². The molecule has 2 aromatic rings. The van der Waals surface area contributed by atoms with Gasteiger partial charge in [0.25, 0.3) is 0 Å². The van der Waals surface area contributed by atoms with Crippen LogP contribution >= 0.6 is 0 Å². The van der Waals surface area contributed by atoms with E-state index in [2.05, 4.69) is 50.4 Å². The van der Waals surface area contributed by atoms with Gasteiger partial charge in [0.15, 0.2) is 0 Å². The first-order chi connectivity index (χ1) is 9.26. The van der Waals surface area contributed by atoms with E-state index in [0.717, 1.165) is 25.1 Å². The number of benzene rings is 1. The van der Waals surface area contributed by atoms with Gasteiger partial charge in [-0.05, 0) is 49.1 Å². The first kappa shape index (κ1) is 13.9. The second-order valence-corrected chi connectivity index (χ2v) is 4.95. The van der Waals surface area contributed by atoms with Crippen molar-refractivity contribution in [1.82, 2.24) is 5.32 Å². The Morgan fingerprint density at radius 2 is 2.05 bits per heavy atom. The van der Waals surface area contributed by atoms with Gasteiger partial charge in [-0.3, -0.25) is 0 Å². The van der Waals surface area contributed by atoms with Gasteiger partial charge in [0.05, 0.1) is 12.3 Å². The zero-order chi connectivity index (χ0) is 13.7. The first-order valence-electron chi connectivity index (χ1n) is 7.12. The minimum Gasteiger partial charge on any atom is -0.467 e. The summed E-state index contributed by atoms with van der Waals surface area (Å²) in [6, 6.07) is 10.9. The van der Waals surface area contributed by atoms with Crippen molar-refractivity contribution in [2.24, 2.45) is 0 Å². The summed E-state index contributed by atoms with van der Waals surface area (Å²) in [5.41, 5.74) is 3.85. The van der Waals surface area contributed by atoms with Gasteiger partial charge in [0.2, 0.25) is 0 Å². The van der Waals surface area contributed by atoms with Crippen molar-refractivity contribution in [1.29, 1.82) is 0 Å². The van der Waals surface area contributed by atoms with Crippen molar-refractivity contribution < 1.29 is 4.42 Å². The third kappa shape index (κ3) is 3.27. The molecule has 19 heavy (non-hydrogen) atoms. The minimum absolute atomic E-state index is 0.154. The third-order valence-electron chi connectivity index (χ3n) is 3.45. The molecule has 0 aliphatic carbocycles. The van der Waals surface area contributed by atoms with E-state index in [1.54, 1.807) is 6.26 Å². The third-order valence-corrected chi connectivity index (χ3v) is 3.45. The summed E-state index contributed by atoms with van der Waals surface area (Å²) >= 11 is 0. The van der Waals surface area contributed by atoms with Crippen LogP contribution in [0.5, 0.6) is 0 Å². The normalized spacial score (nSPS) is 12.6. The molecule has 0 saturated carbocycles. The number of aryl methyl sites for hydroxylation is 2. The van der Waals surface area contributed by atoms with Gasteiger partial charge in [0.1, 0.15) is 5.76 Å². The molecule has 1 N–H and O–H groups in total. The predicted molar refractivity (Wildman–Crippen MR) is 79.4 cm³/mol. The summed E-state index contributed by atoms with van der Waals surface area (Å²) in [6.45, 7) is 7.46. The number of rotatable bonds is 6. The van der Waals surface area contributed by atoms with E-state index in [0.29, 0.717) is 0 Å². The van der Waals surface area contributed by atoms with Gasteiger partial charge in [-0.15, -0.1) is 0 Å².